The molecule has 1 aromatic carbocycles. The number of aromatic nitrogens is 1. The molecule has 90 valence electrons. The highest BCUT2D eigenvalue weighted by atomic mass is 32.2. The molecule has 2 rings (SSSR count). The smallest absolute Gasteiger partial charge is 0.172 e. The van der Waals surface area contributed by atoms with E-state index in [0.29, 0.717) is 11.6 Å². The van der Waals surface area contributed by atoms with Crippen LogP contribution in [0.2, 0.25) is 0 Å². The molecule has 0 atom stereocenters. The van der Waals surface area contributed by atoms with Gasteiger partial charge < -0.3 is 15.0 Å². The predicted octanol–water partition coefficient (Wildman–Crippen LogP) is 2.96. The third-order valence-electron chi connectivity index (χ3n) is 2.51. The Bertz CT molecular complexity index is 537. The Balaban J connectivity index is 2.58. The highest BCUT2D eigenvalue weighted by molar-refractivity contribution is 7.98. The van der Waals surface area contributed by atoms with E-state index in [9.17, 15) is 0 Å². The molecule has 17 heavy (non-hydrogen) atoms. The van der Waals surface area contributed by atoms with Gasteiger partial charge in [0.1, 0.15) is 5.75 Å². The monoisotopic (exact) mass is 250 g/mol. The SMILES string of the molecule is COc1cc(C)c(SC)cc1-c1cc(N)no1. The zero-order chi connectivity index (χ0) is 12.4. The molecule has 0 aliphatic heterocycles. The molecule has 0 fully saturated rings. The van der Waals surface area contributed by atoms with Gasteiger partial charge in [-0.2, -0.15) is 0 Å². The molecular formula is C12H14N2O2S. The number of nitrogen functional groups attached to an aromatic ring is 1. The minimum atomic E-state index is 0.369. The van der Waals surface area contributed by atoms with Gasteiger partial charge in [-0.25, -0.2) is 0 Å². The van der Waals surface area contributed by atoms with Gasteiger partial charge in [0.15, 0.2) is 11.6 Å². The van der Waals surface area contributed by atoms with Gasteiger partial charge in [0, 0.05) is 11.0 Å². The molecule has 0 aliphatic rings. The minimum absolute atomic E-state index is 0.369. The second kappa shape index (κ2) is 4.71. The Morgan fingerprint density at radius 2 is 2.12 bits per heavy atom. The maximum Gasteiger partial charge on any atom is 0.172 e. The summed E-state index contributed by atoms with van der Waals surface area (Å²) in [6.45, 7) is 2.05. The maximum atomic E-state index is 5.56. The highest BCUT2D eigenvalue weighted by Crippen LogP contribution is 2.36. The zero-order valence-electron chi connectivity index (χ0n) is 9.98. The van der Waals surface area contributed by atoms with Crippen molar-refractivity contribution in [2.75, 3.05) is 19.1 Å². The van der Waals surface area contributed by atoms with E-state index < -0.39 is 0 Å². The Kier molecular flexibility index (Phi) is 3.28. The lowest BCUT2D eigenvalue weighted by Gasteiger charge is -2.10. The minimum Gasteiger partial charge on any atom is -0.496 e. The van der Waals surface area contributed by atoms with E-state index in [0.717, 1.165) is 11.3 Å². The van der Waals surface area contributed by atoms with E-state index in [1.54, 1.807) is 24.9 Å². The van der Waals surface area contributed by atoms with Crippen molar-refractivity contribution in [3.05, 3.63) is 23.8 Å². The van der Waals surface area contributed by atoms with E-state index in [2.05, 4.69) is 5.16 Å². The third-order valence-corrected chi connectivity index (χ3v) is 3.39. The molecule has 0 saturated carbocycles. The summed E-state index contributed by atoms with van der Waals surface area (Å²) in [5, 5.41) is 3.69. The molecule has 0 bridgehead atoms. The van der Waals surface area contributed by atoms with Crippen molar-refractivity contribution in [2.45, 2.75) is 11.8 Å². The summed E-state index contributed by atoms with van der Waals surface area (Å²) < 4.78 is 10.5. The number of hydrogen-bond acceptors (Lipinski definition) is 5. The van der Waals surface area contributed by atoms with Crippen LogP contribution in [0.3, 0.4) is 0 Å². The molecule has 0 radical (unpaired) electrons. The van der Waals surface area contributed by atoms with Crippen LogP contribution in [0.1, 0.15) is 5.56 Å². The number of rotatable bonds is 3. The van der Waals surface area contributed by atoms with Crippen LogP contribution in [0, 0.1) is 6.92 Å². The van der Waals surface area contributed by atoms with Crippen LogP contribution in [0.5, 0.6) is 5.75 Å². The van der Waals surface area contributed by atoms with Crippen molar-refractivity contribution in [2.24, 2.45) is 0 Å². The van der Waals surface area contributed by atoms with Crippen molar-refractivity contribution >= 4 is 17.6 Å². The largest absolute Gasteiger partial charge is 0.496 e. The Hall–Kier alpha value is -1.62. The maximum absolute atomic E-state index is 5.56. The van der Waals surface area contributed by atoms with Gasteiger partial charge in [-0.05, 0) is 30.9 Å². The van der Waals surface area contributed by atoms with E-state index in [-0.39, 0.29) is 0 Å². The van der Waals surface area contributed by atoms with Crippen LogP contribution in [-0.2, 0) is 0 Å². The molecule has 1 aromatic heterocycles. The van der Waals surface area contributed by atoms with Gasteiger partial charge in [0.05, 0.1) is 12.7 Å². The number of methoxy groups -OCH3 is 1. The second-order valence-corrected chi connectivity index (χ2v) is 4.49. The topological polar surface area (TPSA) is 61.3 Å². The number of ether oxygens (including phenoxy) is 1. The summed E-state index contributed by atoms with van der Waals surface area (Å²) in [6, 6.07) is 5.70. The Morgan fingerprint density at radius 3 is 2.65 bits per heavy atom. The fourth-order valence-corrected chi connectivity index (χ4v) is 2.28. The van der Waals surface area contributed by atoms with E-state index >= 15 is 0 Å². The number of hydrogen-bond donors (Lipinski definition) is 1. The summed E-state index contributed by atoms with van der Waals surface area (Å²) in [7, 11) is 1.64. The van der Waals surface area contributed by atoms with Crippen molar-refractivity contribution in [3.8, 4) is 17.1 Å². The number of aryl methyl sites for hydroxylation is 1. The second-order valence-electron chi connectivity index (χ2n) is 3.64. The first-order valence-electron chi connectivity index (χ1n) is 5.11. The number of thioether (sulfide) groups is 1. The van der Waals surface area contributed by atoms with Crippen LogP contribution in [0.15, 0.2) is 27.6 Å². The molecule has 0 unspecified atom stereocenters. The molecule has 2 N–H and O–H groups in total. The zero-order valence-corrected chi connectivity index (χ0v) is 10.8. The van der Waals surface area contributed by atoms with Crippen molar-refractivity contribution in [3.63, 3.8) is 0 Å². The number of nitrogens with zero attached hydrogens (tertiary/aromatic N) is 1. The molecule has 1 heterocycles. The highest BCUT2D eigenvalue weighted by Gasteiger charge is 2.13. The van der Waals surface area contributed by atoms with Crippen LogP contribution >= 0.6 is 11.8 Å². The number of nitrogens with two attached hydrogens (primary N) is 1. The average Bonchev–Trinajstić information content (AvgIpc) is 2.75. The lowest BCUT2D eigenvalue weighted by atomic mass is 10.1. The number of anilines is 1. The van der Waals surface area contributed by atoms with E-state index in [1.807, 2.05) is 25.3 Å². The van der Waals surface area contributed by atoms with Crippen molar-refractivity contribution in [1.82, 2.24) is 5.16 Å². The summed E-state index contributed by atoms with van der Waals surface area (Å²) in [5.41, 5.74) is 7.60. The average molecular weight is 250 g/mol. The lowest BCUT2D eigenvalue weighted by Crippen LogP contribution is -1.90. The first kappa shape index (κ1) is 11.9. The molecule has 5 heteroatoms. The first-order chi connectivity index (χ1) is 8.15. The lowest BCUT2D eigenvalue weighted by molar-refractivity contribution is 0.406. The van der Waals surface area contributed by atoms with Crippen LogP contribution in [0.25, 0.3) is 11.3 Å². The van der Waals surface area contributed by atoms with E-state index in [1.165, 1.54) is 10.5 Å². The molecule has 4 nitrogen and oxygen atoms in total. The van der Waals surface area contributed by atoms with E-state index in [4.69, 9.17) is 15.0 Å². The van der Waals surface area contributed by atoms with Crippen LogP contribution in [0.4, 0.5) is 5.82 Å². The Morgan fingerprint density at radius 1 is 1.35 bits per heavy atom. The molecule has 2 aromatic rings. The quantitative estimate of drug-likeness (QED) is 0.848. The summed E-state index contributed by atoms with van der Waals surface area (Å²) in [4.78, 5) is 1.18. The van der Waals surface area contributed by atoms with Gasteiger partial charge in [-0.1, -0.05) is 5.16 Å². The first-order valence-corrected chi connectivity index (χ1v) is 6.33. The summed E-state index contributed by atoms with van der Waals surface area (Å²) in [5.74, 6) is 1.75. The van der Waals surface area contributed by atoms with Gasteiger partial charge in [0.25, 0.3) is 0 Å². The molecule has 0 aliphatic carbocycles. The van der Waals surface area contributed by atoms with Crippen molar-refractivity contribution in [1.29, 1.82) is 0 Å². The fraction of sp³-hybridized carbons (Fsp3) is 0.250. The van der Waals surface area contributed by atoms with Crippen LogP contribution in [-0.4, -0.2) is 18.5 Å². The normalized spacial score (nSPS) is 10.5. The van der Waals surface area contributed by atoms with Crippen molar-refractivity contribution < 1.29 is 9.26 Å². The van der Waals surface area contributed by atoms with Gasteiger partial charge in [0.2, 0.25) is 0 Å². The summed E-state index contributed by atoms with van der Waals surface area (Å²) >= 11 is 1.68. The molecule has 0 saturated heterocycles. The molecule has 0 spiro atoms. The molecular weight excluding hydrogens is 236 g/mol. The van der Waals surface area contributed by atoms with Gasteiger partial charge >= 0.3 is 0 Å². The fourth-order valence-electron chi connectivity index (χ4n) is 1.66. The van der Waals surface area contributed by atoms with Gasteiger partial charge in [-0.3, -0.25) is 0 Å². The van der Waals surface area contributed by atoms with Crippen LogP contribution < -0.4 is 10.5 Å². The predicted molar refractivity (Wildman–Crippen MR) is 69.4 cm³/mol. The standard InChI is InChI=1S/C12H14N2O2S/c1-7-4-9(15-2)8(5-11(7)17-3)10-6-12(13)14-16-10/h4-6H,1-3H3,(H2,13,14). The van der Waals surface area contributed by atoms with Gasteiger partial charge in [-0.15, -0.1) is 11.8 Å². The molecule has 0 amide bonds. The third kappa shape index (κ3) is 2.24. The Labute approximate surface area is 104 Å². The summed E-state index contributed by atoms with van der Waals surface area (Å²) in [6.07, 6.45) is 2.04. The number of benzene rings is 1.